The number of carbonyl (C=O) groups is 1. The van der Waals surface area contributed by atoms with Crippen molar-refractivity contribution in [1.82, 2.24) is 10.0 Å². The minimum atomic E-state index is -3.62. The predicted octanol–water partition coefficient (Wildman–Crippen LogP) is 2.69. The normalized spacial score (nSPS) is 12.5. The van der Waals surface area contributed by atoms with E-state index in [0.717, 1.165) is 0 Å². The number of sulfonamides is 1. The quantitative estimate of drug-likeness (QED) is 0.775. The Hall–Kier alpha value is -1.84. The van der Waals surface area contributed by atoms with Crippen molar-refractivity contribution in [3.05, 3.63) is 29.8 Å². The molecule has 0 fully saturated rings. The first-order valence-corrected chi connectivity index (χ1v) is 9.41. The summed E-state index contributed by atoms with van der Waals surface area (Å²) in [6.45, 7) is 9.12. The smallest absolute Gasteiger partial charge is 0.252 e. The lowest BCUT2D eigenvalue weighted by Gasteiger charge is -2.27. The Morgan fingerprint density at radius 3 is 2.00 bits per heavy atom. The zero-order valence-corrected chi connectivity index (χ0v) is 15.8. The van der Waals surface area contributed by atoms with Crippen molar-refractivity contribution in [3.8, 4) is 12.3 Å². The molecule has 24 heavy (non-hydrogen) atoms. The van der Waals surface area contributed by atoms with Crippen molar-refractivity contribution in [2.75, 3.05) is 0 Å². The van der Waals surface area contributed by atoms with Crippen LogP contribution in [0.1, 0.15) is 57.8 Å². The number of benzene rings is 1. The third kappa shape index (κ3) is 5.08. The highest BCUT2D eigenvalue weighted by molar-refractivity contribution is 7.89. The first-order chi connectivity index (χ1) is 11.0. The Bertz CT molecular complexity index is 719. The molecule has 1 amide bonds. The van der Waals surface area contributed by atoms with Gasteiger partial charge in [0.1, 0.15) is 5.54 Å². The van der Waals surface area contributed by atoms with E-state index in [0.29, 0.717) is 18.4 Å². The molecule has 5 nitrogen and oxygen atoms in total. The molecule has 0 unspecified atom stereocenters. The SMILES string of the molecule is C#CC(CC)(CC)NC(=O)c1ccc(S(=O)(=O)NC(C)(C)C)cc1. The maximum absolute atomic E-state index is 12.4. The van der Waals surface area contributed by atoms with Gasteiger partial charge in [0.05, 0.1) is 4.90 Å². The average molecular weight is 350 g/mol. The molecule has 1 aromatic rings. The molecule has 0 bridgehead atoms. The molecule has 1 aromatic carbocycles. The number of nitrogens with one attached hydrogen (secondary N) is 2. The zero-order chi connectivity index (χ0) is 18.6. The molecule has 0 saturated carbocycles. The summed E-state index contributed by atoms with van der Waals surface area (Å²) in [6.07, 6.45) is 6.78. The molecule has 0 heterocycles. The minimum Gasteiger partial charge on any atom is -0.336 e. The number of rotatable bonds is 6. The van der Waals surface area contributed by atoms with E-state index < -0.39 is 21.1 Å². The van der Waals surface area contributed by atoms with Crippen LogP contribution in [0.3, 0.4) is 0 Å². The Kier molecular flexibility index (Phi) is 6.20. The first-order valence-electron chi connectivity index (χ1n) is 7.93. The third-order valence-electron chi connectivity index (χ3n) is 3.70. The molecule has 0 aromatic heterocycles. The monoisotopic (exact) mass is 350 g/mol. The summed E-state index contributed by atoms with van der Waals surface area (Å²) in [5, 5.41) is 2.85. The fraction of sp³-hybridized carbons (Fsp3) is 0.500. The van der Waals surface area contributed by atoms with Crippen molar-refractivity contribution in [2.24, 2.45) is 0 Å². The Balaban J connectivity index is 3.00. The van der Waals surface area contributed by atoms with Crippen molar-refractivity contribution in [1.29, 1.82) is 0 Å². The molecular weight excluding hydrogens is 324 g/mol. The van der Waals surface area contributed by atoms with Crippen LogP contribution in [0.15, 0.2) is 29.2 Å². The summed E-state index contributed by atoms with van der Waals surface area (Å²) in [6, 6.07) is 5.80. The highest BCUT2D eigenvalue weighted by Crippen LogP contribution is 2.17. The topological polar surface area (TPSA) is 75.3 Å². The molecular formula is C18H26N2O3S. The highest BCUT2D eigenvalue weighted by Gasteiger charge is 2.26. The van der Waals surface area contributed by atoms with Crippen LogP contribution in [0.5, 0.6) is 0 Å². The van der Waals surface area contributed by atoms with E-state index in [1.165, 1.54) is 24.3 Å². The summed E-state index contributed by atoms with van der Waals surface area (Å²) in [5.74, 6) is 2.32. The van der Waals surface area contributed by atoms with Gasteiger partial charge in [-0.3, -0.25) is 4.79 Å². The Morgan fingerprint density at radius 2 is 1.62 bits per heavy atom. The van der Waals surface area contributed by atoms with Gasteiger partial charge in [-0.15, -0.1) is 6.42 Å². The van der Waals surface area contributed by atoms with Crippen LogP contribution in [0.4, 0.5) is 0 Å². The summed E-state index contributed by atoms with van der Waals surface area (Å²) < 4.78 is 27.1. The Morgan fingerprint density at radius 1 is 1.12 bits per heavy atom. The fourth-order valence-electron chi connectivity index (χ4n) is 2.20. The average Bonchev–Trinajstić information content (AvgIpc) is 2.50. The lowest BCUT2D eigenvalue weighted by molar-refractivity contribution is 0.0916. The summed E-state index contributed by atoms with van der Waals surface area (Å²) in [7, 11) is -3.62. The van der Waals surface area contributed by atoms with Crippen molar-refractivity contribution >= 4 is 15.9 Å². The van der Waals surface area contributed by atoms with E-state index in [1.807, 2.05) is 13.8 Å². The van der Waals surface area contributed by atoms with Gasteiger partial charge < -0.3 is 5.32 Å². The number of amides is 1. The van der Waals surface area contributed by atoms with Crippen LogP contribution in [0, 0.1) is 12.3 Å². The van der Waals surface area contributed by atoms with Crippen LogP contribution in [0.25, 0.3) is 0 Å². The highest BCUT2D eigenvalue weighted by atomic mass is 32.2. The van der Waals surface area contributed by atoms with Gasteiger partial charge in [0, 0.05) is 11.1 Å². The predicted molar refractivity (Wildman–Crippen MR) is 96.1 cm³/mol. The van der Waals surface area contributed by atoms with E-state index >= 15 is 0 Å². The van der Waals surface area contributed by atoms with E-state index in [-0.39, 0.29) is 10.8 Å². The van der Waals surface area contributed by atoms with Crippen LogP contribution in [-0.4, -0.2) is 25.4 Å². The van der Waals surface area contributed by atoms with Gasteiger partial charge in [-0.25, -0.2) is 13.1 Å². The molecule has 132 valence electrons. The van der Waals surface area contributed by atoms with Gasteiger partial charge in [0.15, 0.2) is 0 Å². The summed E-state index contributed by atoms with van der Waals surface area (Å²) in [4.78, 5) is 12.5. The summed E-state index contributed by atoms with van der Waals surface area (Å²) in [5.41, 5.74) is -0.898. The largest absolute Gasteiger partial charge is 0.336 e. The Labute approximate surface area is 145 Å². The molecule has 6 heteroatoms. The number of hydrogen-bond donors (Lipinski definition) is 2. The van der Waals surface area contributed by atoms with E-state index in [9.17, 15) is 13.2 Å². The number of terminal acetylenes is 1. The molecule has 0 aliphatic rings. The minimum absolute atomic E-state index is 0.114. The number of hydrogen-bond acceptors (Lipinski definition) is 3. The first kappa shape index (κ1) is 20.2. The van der Waals surface area contributed by atoms with Crippen molar-refractivity contribution in [3.63, 3.8) is 0 Å². The lowest BCUT2D eigenvalue weighted by Crippen LogP contribution is -2.46. The molecule has 0 aliphatic heterocycles. The van der Waals surface area contributed by atoms with Crippen molar-refractivity contribution in [2.45, 2.75) is 63.4 Å². The maximum Gasteiger partial charge on any atom is 0.252 e. The van der Waals surface area contributed by atoms with E-state index in [2.05, 4.69) is 16.0 Å². The second-order valence-electron chi connectivity index (χ2n) is 6.77. The standard InChI is InChI=1S/C18H26N2O3S/c1-7-18(8-2,9-3)19-16(21)14-10-12-15(13-11-14)24(22,23)20-17(4,5)6/h1,10-13,20H,8-9H2,2-6H3,(H,19,21). The van der Waals surface area contributed by atoms with Crippen molar-refractivity contribution < 1.29 is 13.2 Å². The van der Waals surface area contributed by atoms with Gasteiger partial charge in [-0.05, 0) is 57.9 Å². The molecule has 1 rings (SSSR count). The molecule has 0 aliphatic carbocycles. The van der Waals surface area contributed by atoms with Gasteiger partial charge in [-0.1, -0.05) is 19.8 Å². The van der Waals surface area contributed by atoms with Gasteiger partial charge in [-0.2, -0.15) is 0 Å². The molecule has 0 spiro atoms. The van der Waals surface area contributed by atoms with Crippen LogP contribution in [-0.2, 0) is 10.0 Å². The number of carbonyl (C=O) groups excluding carboxylic acids is 1. The van der Waals surface area contributed by atoms with E-state index in [4.69, 9.17) is 6.42 Å². The van der Waals surface area contributed by atoms with Crippen LogP contribution >= 0.6 is 0 Å². The molecule has 0 saturated heterocycles. The second-order valence-corrected chi connectivity index (χ2v) is 8.45. The van der Waals surface area contributed by atoms with Crippen LogP contribution < -0.4 is 10.0 Å². The van der Waals surface area contributed by atoms with Crippen LogP contribution in [0.2, 0.25) is 0 Å². The van der Waals surface area contributed by atoms with Gasteiger partial charge >= 0.3 is 0 Å². The second kappa shape index (κ2) is 7.37. The molecule has 0 radical (unpaired) electrons. The van der Waals surface area contributed by atoms with Gasteiger partial charge in [0.25, 0.3) is 5.91 Å². The van der Waals surface area contributed by atoms with E-state index in [1.54, 1.807) is 20.8 Å². The molecule has 0 atom stereocenters. The summed E-state index contributed by atoms with van der Waals surface area (Å²) >= 11 is 0. The third-order valence-corrected chi connectivity index (χ3v) is 5.48. The fourth-order valence-corrected chi connectivity index (χ4v) is 3.62. The zero-order valence-electron chi connectivity index (χ0n) is 14.9. The molecule has 2 N–H and O–H groups in total. The van der Waals surface area contributed by atoms with Gasteiger partial charge in [0.2, 0.25) is 10.0 Å². The maximum atomic E-state index is 12.4. The lowest BCUT2D eigenvalue weighted by atomic mass is 9.93.